The lowest BCUT2D eigenvalue weighted by molar-refractivity contribution is -0.385. The number of rotatable bonds is 8. The number of aromatic nitrogens is 2. The van der Waals surface area contributed by atoms with Gasteiger partial charge in [-0.05, 0) is 38.0 Å². The summed E-state index contributed by atoms with van der Waals surface area (Å²) in [5, 5.41) is 17.4. The van der Waals surface area contributed by atoms with Crippen LogP contribution in [-0.2, 0) is 0 Å². The molecule has 0 saturated heterocycles. The molecule has 1 aliphatic rings. The average molecular weight is 293 g/mol. The first-order valence-corrected chi connectivity index (χ1v) is 7.53. The maximum absolute atomic E-state index is 11.2. The third-order valence-corrected chi connectivity index (χ3v) is 3.79. The fourth-order valence-electron chi connectivity index (χ4n) is 2.31. The van der Waals surface area contributed by atoms with Crippen LogP contribution in [0, 0.1) is 28.9 Å². The summed E-state index contributed by atoms with van der Waals surface area (Å²) in [7, 11) is 0. The van der Waals surface area contributed by atoms with Crippen LogP contribution in [0.3, 0.4) is 0 Å². The lowest BCUT2D eigenvalue weighted by Gasteiger charge is -2.13. The standard InChI is InChI=1S/C14H23N5O2/c1-4-7-15-14-17-10(3)12(19(20)21)13(18-14)16-8-9(2)11-5-6-11/h9,11H,4-8H2,1-3H3,(H2,15,16,17,18). The van der Waals surface area contributed by atoms with Gasteiger partial charge in [0, 0.05) is 13.1 Å². The Morgan fingerprint density at radius 3 is 2.67 bits per heavy atom. The van der Waals surface area contributed by atoms with Gasteiger partial charge in [-0.25, -0.2) is 4.98 Å². The molecule has 7 nitrogen and oxygen atoms in total. The van der Waals surface area contributed by atoms with Gasteiger partial charge in [0.15, 0.2) is 0 Å². The van der Waals surface area contributed by atoms with Crippen molar-refractivity contribution in [2.24, 2.45) is 11.8 Å². The van der Waals surface area contributed by atoms with Crippen molar-refractivity contribution >= 4 is 17.5 Å². The van der Waals surface area contributed by atoms with E-state index in [-0.39, 0.29) is 5.69 Å². The van der Waals surface area contributed by atoms with Gasteiger partial charge in [0.05, 0.1) is 4.92 Å². The van der Waals surface area contributed by atoms with E-state index in [0.29, 0.717) is 29.9 Å². The van der Waals surface area contributed by atoms with E-state index in [4.69, 9.17) is 0 Å². The van der Waals surface area contributed by atoms with Crippen LogP contribution in [0.4, 0.5) is 17.5 Å². The Hall–Kier alpha value is -1.92. The SMILES string of the molecule is CCCNc1nc(C)c([N+](=O)[O-])c(NCC(C)C2CC2)n1. The highest BCUT2D eigenvalue weighted by atomic mass is 16.6. The maximum Gasteiger partial charge on any atom is 0.332 e. The highest BCUT2D eigenvalue weighted by Gasteiger charge is 2.29. The monoisotopic (exact) mass is 293 g/mol. The molecule has 0 aliphatic heterocycles. The van der Waals surface area contributed by atoms with Crippen molar-refractivity contribution in [3.8, 4) is 0 Å². The van der Waals surface area contributed by atoms with Crippen molar-refractivity contribution in [2.75, 3.05) is 23.7 Å². The molecular weight excluding hydrogens is 270 g/mol. The Bertz CT molecular complexity index is 516. The molecule has 1 fully saturated rings. The average Bonchev–Trinajstić information content (AvgIpc) is 3.26. The van der Waals surface area contributed by atoms with Gasteiger partial charge in [-0.1, -0.05) is 13.8 Å². The van der Waals surface area contributed by atoms with Crippen molar-refractivity contribution in [2.45, 2.75) is 40.0 Å². The predicted octanol–water partition coefficient (Wildman–Crippen LogP) is 2.97. The topological polar surface area (TPSA) is 93.0 Å². The molecule has 1 aliphatic carbocycles. The van der Waals surface area contributed by atoms with E-state index >= 15 is 0 Å². The third-order valence-electron chi connectivity index (χ3n) is 3.79. The molecule has 0 spiro atoms. The first kappa shape index (κ1) is 15.5. The van der Waals surface area contributed by atoms with E-state index in [1.165, 1.54) is 12.8 Å². The number of anilines is 2. The van der Waals surface area contributed by atoms with Crippen LogP contribution in [0.1, 0.15) is 38.8 Å². The Morgan fingerprint density at radius 1 is 1.38 bits per heavy atom. The lowest BCUT2D eigenvalue weighted by atomic mass is 10.1. The minimum Gasteiger partial charge on any atom is -0.364 e. The highest BCUT2D eigenvalue weighted by Crippen LogP contribution is 2.37. The van der Waals surface area contributed by atoms with Crippen molar-refractivity contribution in [1.29, 1.82) is 0 Å². The summed E-state index contributed by atoms with van der Waals surface area (Å²) < 4.78 is 0. The number of nitro groups is 1. The number of hydrogen-bond acceptors (Lipinski definition) is 6. The zero-order valence-corrected chi connectivity index (χ0v) is 12.8. The molecule has 116 valence electrons. The van der Waals surface area contributed by atoms with Crippen molar-refractivity contribution in [3.63, 3.8) is 0 Å². The summed E-state index contributed by atoms with van der Waals surface area (Å²) in [5.41, 5.74) is 0.357. The van der Waals surface area contributed by atoms with E-state index < -0.39 is 4.92 Å². The zero-order valence-electron chi connectivity index (χ0n) is 12.8. The minimum absolute atomic E-state index is 0.0277. The number of nitrogens with zero attached hydrogens (tertiary/aromatic N) is 3. The van der Waals surface area contributed by atoms with Gasteiger partial charge in [-0.2, -0.15) is 4.98 Å². The molecule has 1 atom stereocenters. The Labute approximate surface area is 124 Å². The van der Waals surface area contributed by atoms with E-state index in [9.17, 15) is 10.1 Å². The van der Waals surface area contributed by atoms with E-state index in [0.717, 1.165) is 18.9 Å². The summed E-state index contributed by atoms with van der Waals surface area (Å²) >= 11 is 0. The quantitative estimate of drug-likeness (QED) is 0.565. The highest BCUT2D eigenvalue weighted by molar-refractivity contribution is 5.60. The van der Waals surface area contributed by atoms with E-state index in [1.807, 2.05) is 6.92 Å². The van der Waals surface area contributed by atoms with Crippen LogP contribution in [0.5, 0.6) is 0 Å². The molecule has 1 unspecified atom stereocenters. The smallest absolute Gasteiger partial charge is 0.332 e. The summed E-state index contributed by atoms with van der Waals surface area (Å²) in [4.78, 5) is 19.2. The summed E-state index contributed by atoms with van der Waals surface area (Å²) in [6.07, 6.45) is 3.47. The molecule has 1 aromatic rings. The van der Waals surface area contributed by atoms with Gasteiger partial charge in [-0.3, -0.25) is 10.1 Å². The van der Waals surface area contributed by atoms with Crippen molar-refractivity contribution in [3.05, 3.63) is 15.8 Å². The molecule has 1 heterocycles. The molecule has 0 amide bonds. The molecule has 7 heteroatoms. The summed E-state index contributed by atoms with van der Waals surface area (Å²) in [6.45, 7) is 7.30. The number of aryl methyl sites for hydroxylation is 1. The van der Waals surface area contributed by atoms with Crippen LogP contribution in [0.15, 0.2) is 0 Å². The second kappa shape index (κ2) is 6.69. The molecule has 0 bridgehead atoms. The first-order valence-electron chi connectivity index (χ1n) is 7.53. The zero-order chi connectivity index (χ0) is 15.4. The minimum atomic E-state index is -0.414. The number of hydrogen-bond donors (Lipinski definition) is 2. The van der Waals surface area contributed by atoms with Crippen LogP contribution in [0.2, 0.25) is 0 Å². The largest absolute Gasteiger partial charge is 0.364 e. The first-order chi connectivity index (χ1) is 10.0. The molecular formula is C14H23N5O2. The predicted molar refractivity (Wildman–Crippen MR) is 82.6 cm³/mol. The normalized spacial score (nSPS) is 15.6. The number of nitrogens with one attached hydrogen (secondary N) is 2. The summed E-state index contributed by atoms with van der Waals surface area (Å²) in [6, 6.07) is 0. The van der Waals surface area contributed by atoms with Crippen LogP contribution < -0.4 is 10.6 Å². The Balaban J connectivity index is 2.17. The van der Waals surface area contributed by atoms with Crippen LogP contribution >= 0.6 is 0 Å². The van der Waals surface area contributed by atoms with Gasteiger partial charge in [-0.15, -0.1) is 0 Å². The molecule has 2 rings (SSSR count). The fourth-order valence-corrected chi connectivity index (χ4v) is 2.31. The van der Waals surface area contributed by atoms with Gasteiger partial charge >= 0.3 is 5.69 Å². The van der Waals surface area contributed by atoms with Crippen LogP contribution in [-0.4, -0.2) is 28.0 Å². The second-order valence-corrected chi connectivity index (χ2v) is 5.71. The Kier molecular flexibility index (Phi) is 4.93. The Morgan fingerprint density at radius 2 is 2.10 bits per heavy atom. The molecule has 1 aromatic heterocycles. The third kappa shape index (κ3) is 4.03. The molecule has 0 aromatic carbocycles. The van der Waals surface area contributed by atoms with Crippen LogP contribution in [0.25, 0.3) is 0 Å². The lowest BCUT2D eigenvalue weighted by Crippen LogP contribution is -2.17. The summed E-state index contributed by atoms with van der Waals surface area (Å²) in [5.74, 6) is 2.02. The van der Waals surface area contributed by atoms with Crippen molar-refractivity contribution < 1.29 is 4.92 Å². The van der Waals surface area contributed by atoms with E-state index in [2.05, 4.69) is 27.5 Å². The van der Waals surface area contributed by atoms with Gasteiger partial charge < -0.3 is 10.6 Å². The second-order valence-electron chi connectivity index (χ2n) is 5.71. The molecule has 2 N–H and O–H groups in total. The molecule has 1 saturated carbocycles. The van der Waals surface area contributed by atoms with Gasteiger partial charge in [0.25, 0.3) is 0 Å². The van der Waals surface area contributed by atoms with Gasteiger partial charge in [0.2, 0.25) is 11.8 Å². The van der Waals surface area contributed by atoms with E-state index in [1.54, 1.807) is 6.92 Å². The fraction of sp³-hybridized carbons (Fsp3) is 0.714. The molecule has 0 radical (unpaired) electrons. The molecule has 21 heavy (non-hydrogen) atoms. The van der Waals surface area contributed by atoms with Gasteiger partial charge in [0.1, 0.15) is 5.69 Å². The van der Waals surface area contributed by atoms with Crippen molar-refractivity contribution in [1.82, 2.24) is 9.97 Å². The maximum atomic E-state index is 11.2.